The summed E-state index contributed by atoms with van der Waals surface area (Å²) in [6.07, 6.45) is 1.20. The van der Waals surface area contributed by atoms with Gasteiger partial charge in [0.25, 0.3) is 0 Å². The summed E-state index contributed by atoms with van der Waals surface area (Å²) in [5.41, 5.74) is 2.55. The van der Waals surface area contributed by atoms with Gasteiger partial charge in [0.2, 0.25) is 17.7 Å². The van der Waals surface area contributed by atoms with Crippen LogP contribution in [0.2, 0.25) is 0 Å². The fourth-order valence-electron chi connectivity index (χ4n) is 2.70. The molecule has 8 heteroatoms. The molecule has 0 radical (unpaired) electrons. The molecule has 2 aromatic heterocycles. The summed E-state index contributed by atoms with van der Waals surface area (Å²) < 4.78 is 6.82. The van der Waals surface area contributed by atoms with Crippen LogP contribution >= 0.6 is 11.3 Å². The molecule has 0 aliphatic heterocycles. The van der Waals surface area contributed by atoms with Crippen molar-refractivity contribution < 1.29 is 9.53 Å². The molecule has 0 saturated heterocycles. The molecule has 0 fully saturated rings. The molecule has 0 bridgehead atoms. The van der Waals surface area contributed by atoms with Crippen molar-refractivity contribution in [1.29, 1.82) is 5.26 Å². The zero-order chi connectivity index (χ0) is 20.9. The van der Waals surface area contributed by atoms with Gasteiger partial charge in [-0.15, -0.1) is 11.3 Å². The van der Waals surface area contributed by atoms with Crippen molar-refractivity contribution in [3.8, 4) is 17.7 Å². The number of rotatable bonds is 6. The largest absolute Gasteiger partial charge is 0.437 e. The maximum Gasteiger partial charge on any atom is 0.247 e. The van der Waals surface area contributed by atoms with Crippen molar-refractivity contribution >= 4 is 44.8 Å². The highest BCUT2D eigenvalue weighted by atomic mass is 32.1. The lowest BCUT2D eigenvalue weighted by molar-refractivity contribution is -0.111. The molecule has 2 N–H and O–H groups in total. The molecule has 0 saturated carbocycles. The van der Waals surface area contributed by atoms with Crippen molar-refractivity contribution in [3.63, 3.8) is 0 Å². The number of benzene rings is 2. The number of amides is 1. The third kappa shape index (κ3) is 4.27. The van der Waals surface area contributed by atoms with E-state index in [1.54, 1.807) is 42.5 Å². The Morgan fingerprint density at radius 1 is 1.13 bits per heavy atom. The number of nitrogens with zero attached hydrogens (tertiary/aromatic N) is 3. The topological polar surface area (TPSA) is 99.9 Å². The minimum absolute atomic E-state index is 0.305. The van der Waals surface area contributed by atoms with Crippen LogP contribution in [0.5, 0.6) is 11.6 Å². The number of ether oxygens (including phenoxy) is 1. The number of nitrogens with one attached hydrogen (secondary N) is 2. The molecule has 0 spiro atoms. The van der Waals surface area contributed by atoms with E-state index in [0.717, 1.165) is 10.2 Å². The first-order valence-electron chi connectivity index (χ1n) is 8.88. The van der Waals surface area contributed by atoms with Gasteiger partial charge in [-0.3, -0.25) is 4.79 Å². The molecular formula is C22H15N5O2S. The molecule has 0 atom stereocenters. The zero-order valence-corrected chi connectivity index (χ0v) is 16.4. The monoisotopic (exact) mass is 413 g/mol. The highest BCUT2D eigenvalue weighted by Gasteiger charge is 2.12. The van der Waals surface area contributed by atoms with Gasteiger partial charge < -0.3 is 15.4 Å². The summed E-state index contributed by atoms with van der Waals surface area (Å²) in [6, 6.07) is 18.0. The number of fused-ring (bicyclic) bond motifs is 1. The number of aromatic nitrogens is 2. The second-order valence-electron chi connectivity index (χ2n) is 6.13. The van der Waals surface area contributed by atoms with Crippen molar-refractivity contribution in [2.75, 3.05) is 10.6 Å². The van der Waals surface area contributed by atoms with Gasteiger partial charge in [0.05, 0.1) is 17.1 Å². The van der Waals surface area contributed by atoms with E-state index < -0.39 is 0 Å². The van der Waals surface area contributed by atoms with Crippen LogP contribution in [0.15, 0.2) is 72.6 Å². The summed E-state index contributed by atoms with van der Waals surface area (Å²) in [4.78, 5) is 20.6. The van der Waals surface area contributed by atoms with Crippen LogP contribution in [0.25, 0.3) is 10.2 Å². The first-order valence-corrected chi connectivity index (χ1v) is 9.76. The van der Waals surface area contributed by atoms with Crippen LogP contribution in [0, 0.1) is 11.3 Å². The molecule has 2 aromatic carbocycles. The van der Waals surface area contributed by atoms with E-state index in [2.05, 4.69) is 33.2 Å². The normalized spacial score (nSPS) is 10.2. The molecule has 4 rings (SSSR count). The highest BCUT2D eigenvalue weighted by molar-refractivity contribution is 7.17. The second-order valence-corrected chi connectivity index (χ2v) is 7.04. The maximum atomic E-state index is 11.5. The van der Waals surface area contributed by atoms with Crippen LogP contribution < -0.4 is 15.4 Å². The lowest BCUT2D eigenvalue weighted by Crippen LogP contribution is -2.07. The first kappa shape index (κ1) is 19.1. The molecule has 146 valence electrons. The van der Waals surface area contributed by atoms with Gasteiger partial charge in [0.15, 0.2) is 0 Å². The van der Waals surface area contributed by atoms with Crippen molar-refractivity contribution in [3.05, 3.63) is 78.2 Å². The predicted molar refractivity (Wildman–Crippen MR) is 117 cm³/mol. The van der Waals surface area contributed by atoms with Gasteiger partial charge in [-0.25, -0.2) is 4.98 Å². The predicted octanol–water partition coefficient (Wildman–Crippen LogP) is 5.22. The quantitative estimate of drug-likeness (QED) is 0.420. The molecular weight excluding hydrogens is 398 g/mol. The van der Waals surface area contributed by atoms with Crippen LogP contribution in [-0.2, 0) is 4.79 Å². The Morgan fingerprint density at radius 3 is 2.80 bits per heavy atom. The fraction of sp³-hybridized carbons (Fsp3) is 0. The number of carbonyl (C=O) groups is 1. The van der Waals surface area contributed by atoms with E-state index in [-0.39, 0.29) is 5.91 Å². The minimum Gasteiger partial charge on any atom is -0.437 e. The van der Waals surface area contributed by atoms with E-state index in [1.165, 1.54) is 17.4 Å². The zero-order valence-electron chi connectivity index (χ0n) is 15.6. The van der Waals surface area contributed by atoms with E-state index >= 15 is 0 Å². The van der Waals surface area contributed by atoms with Gasteiger partial charge in [0.1, 0.15) is 10.4 Å². The van der Waals surface area contributed by atoms with Crippen LogP contribution in [-0.4, -0.2) is 15.9 Å². The molecule has 1 amide bonds. The third-order valence-corrected chi connectivity index (χ3v) is 4.91. The van der Waals surface area contributed by atoms with Crippen molar-refractivity contribution in [2.45, 2.75) is 0 Å². The van der Waals surface area contributed by atoms with Gasteiger partial charge in [-0.2, -0.15) is 10.2 Å². The van der Waals surface area contributed by atoms with E-state index in [0.29, 0.717) is 34.5 Å². The number of anilines is 3. The molecule has 0 aliphatic rings. The number of hydrogen-bond acceptors (Lipinski definition) is 7. The van der Waals surface area contributed by atoms with Crippen LogP contribution in [0.1, 0.15) is 5.56 Å². The van der Waals surface area contributed by atoms with E-state index in [1.807, 2.05) is 17.5 Å². The van der Waals surface area contributed by atoms with E-state index in [4.69, 9.17) is 10.00 Å². The Kier molecular flexibility index (Phi) is 5.37. The first-order chi connectivity index (χ1) is 14.6. The summed E-state index contributed by atoms with van der Waals surface area (Å²) in [5, 5.41) is 16.8. The summed E-state index contributed by atoms with van der Waals surface area (Å²) >= 11 is 1.47. The highest BCUT2D eigenvalue weighted by Crippen LogP contribution is 2.33. The van der Waals surface area contributed by atoms with Crippen molar-refractivity contribution in [2.24, 2.45) is 0 Å². The number of nitriles is 1. The van der Waals surface area contributed by atoms with Gasteiger partial charge >= 0.3 is 0 Å². The second kappa shape index (κ2) is 8.43. The summed E-state index contributed by atoms with van der Waals surface area (Å²) in [5.74, 6) is 0.951. The average Bonchev–Trinajstić information content (AvgIpc) is 3.23. The Balaban J connectivity index is 1.65. The van der Waals surface area contributed by atoms with Crippen LogP contribution in [0.4, 0.5) is 17.3 Å². The Morgan fingerprint density at radius 2 is 1.97 bits per heavy atom. The minimum atomic E-state index is -0.305. The van der Waals surface area contributed by atoms with Crippen molar-refractivity contribution in [1.82, 2.24) is 9.97 Å². The molecule has 30 heavy (non-hydrogen) atoms. The average molecular weight is 413 g/mol. The van der Waals surface area contributed by atoms with Gasteiger partial charge in [-0.05, 0) is 47.9 Å². The van der Waals surface area contributed by atoms with Gasteiger partial charge in [0, 0.05) is 17.4 Å². The number of carbonyl (C=O) groups excluding carboxylic acids is 1. The smallest absolute Gasteiger partial charge is 0.247 e. The van der Waals surface area contributed by atoms with Crippen LogP contribution in [0.3, 0.4) is 0 Å². The molecule has 7 nitrogen and oxygen atoms in total. The summed E-state index contributed by atoms with van der Waals surface area (Å²) in [7, 11) is 0. The van der Waals surface area contributed by atoms with Gasteiger partial charge in [-0.1, -0.05) is 18.7 Å². The molecule has 4 aromatic rings. The number of hydrogen-bond donors (Lipinski definition) is 2. The third-order valence-electron chi connectivity index (χ3n) is 4.02. The maximum absolute atomic E-state index is 11.5. The van der Waals surface area contributed by atoms with E-state index in [9.17, 15) is 4.79 Å². The fourth-order valence-corrected chi connectivity index (χ4v) is 3.46. The lowest BCUT2D eigenvalue weighted by Gasteiger charge is -2.10. The standard InChI is InChI=1S/C22H15N5O2S/c1-2-19(28)24-16-7-4-8-17(12-16)29-21-20-18(9-10-30-20)26-22(27-21)25-15-6-3-5-14(11-15)13-23/h2-12H,1H2,(H,24,28)(H,25,26,27). The molecule has 0 unspecified atom stereocenters. The molecule has 0 aliphatic carbocycles. The Hall–Kier alpha value is -4.22. The number of thiophene rings is 1. The lowest BCUT2D eigenvalue weighted by atomic mass is 10.2. The SMILES string of the molecule is C=CC(=O)Nc1cccc(Oc2nc(Nc3cccc(C#N)c3)nc3ccsc23)c1. The Bertz CT molecular complexity index is 1290. The summed E-state index contributed by atoms with van der Waals surface area (Å²) in [6.45, 7) is 3.45. The Labute approximate surface area is 176 Å². The molecule has 2 heterocycles.